The Morgan fingerprint density at radius 2 is 1.88 bits per heavy atom. The molecule has 3 N–H and O–H groups in total. The molecule has 4 nitrogen and oxygen atoms in total. The minimum Gasteiger partial charge on any atom is -0.423 e. The molecule has 0 fully saturated rings. The number of rotatable bonds is 5. The SMILES string of the molecule is CC(C)CC(=O)NCc1ccc(B(O)O)cc1. The first-order chi connectivity index (χ1) is 7.99. The Hall–Kier alpha value is -1.33. The molecule has 0 aliphatic heterocycles. The van der Waals surface area contributed by atoms with Crippen molar-refractivity contribution in [3.8, 4) is 0 Å². The Morgan fingerprint density at radius 3 is 2.35 bits per heavy atom. The van der Waals surface area contributed by atoms with Gasteiger partial charge in [-0.25, -0.2) is 0 Å². The highest BCUT2D eigenvalue weighted by molar-refractivity contribution is 6.58. The van der Waals surface area contributed by atoms with Gasteiger partial charge in [0.2, 0.25) is 5.91 Å². The van der Waals surface area contributed by atoms with E-state index in [2.05, 4.69) is 5.32 Å². The zero-order valence-electron chi connectivity index (χ0n) is 10.2. The minimum atomic E-state index is -1.44. The van der Waals surface area contributed by atoms with Crippen LogP contribution in [0.15, 0.2) is 24.3 Å². The first-order valence-electron chi connectivity index (χ1n) is 5.70. The first kappa shape index (κ1) is 13.7. The van der Waals surface area contributed by atoms with E-state index in [1.807, 2.05) is 13.8 Å². The van der Waals surface area contributed by atoms with Gasteiger partial charge in [-0.15, -0.1) is 0 Å². The number of hydrogen-bond acceptors (Lipinski definition) is 3. The molecule has 92 valence electrons. The van der Waals surface area contributed by atoms with Crippen molar-refractivity contribution < 1.29 is 14.8 Å². The number of amides is 1. The van der Waals surface area contributed by atoms with E-state index in [1.54, 1.807) is 24.3 Å². The number of hydrogen-bond donors (Lipinski definition) is 3. The predicted molar refractivity (Wildman–Crippen MR) is 67.6 cm³/mol. The van der Waals surface area contributed by atoms with Crippen LogP contribution in [0.5, 0.6) is 0 Å². The van der Waals surface area contributed by atoms with E-state index in [1.165, 1.54) is 0 Å². The molecule has 0 unspecified atom stereocenters. The van der Waals surface area contributed by atoms with Gasteiger partial charge in [-0.2, -0.15) is 0 Å². The number of nitrogens with one attached hydrogen (secondary N) is 1. The minimum absolute atomic E-state index is 0.0336. The first-order valence-corrected chi connectivity index (χ1v) is 5.70. The van der Waals surface area contributed by atoms with E-state index in [4.69, 9.17) is 10.0 Å². The highest BCUT2D eigenvalue weighted by Crippen LogP contribution is 2.00. The van der Waals surface area contributed by atoms with Crippen molar-refractivity contribution in [1.29, 1.82) is 0 Å². The van der Waals surface area contributed by atoms with Crippen LogP contribution in [0.1, 0.15) is 25.8 Å². The summed E-state index contributed by atoms with van der Waals surface area (Å²) in [5.41, 5.74) is 1.38. The maximum atomic E-state index is 11.4. The van der Waals surface area contributed by atoms with Crippen molar-refractivity contribution in [2.24, 2.45) is 5.92 Å². The van der Waals surface area contributed by atoms with Crippen molar-refractivity contribution in [1.82, 2.24) is 5.32 Å². The normalized spacial score (nSPS) is 10.4. The smallest absolute Gasteiger partial charge is 0.423 e. The van der Waals surface area contributed by atoms with Crippen molar-refractivity contribution in [3.05, 3.63) is 29.8 Å². The molecule has 0 heterocycles. The molecule has 0 bridgehead atoms. The van der Waals surface area contributed by atoms with Crippen LogP contribution in [0.3, 0.4) is 0 Å². The van der Waals surface area contributed by atoms with Gasteiger partial charge in [-0.1, -0.05) is 38.1 Å². The van der Waals surface area contributed by atoms with Gasteiger partial charge in [-0.05, 0) is 16.9 Å². The summed E-state index contributed by atoms with van der Waals surface area (Å²) >= 11 is 0. The number of carbonyl (C=O) groups is 1. The molecule has 0 atom stereocenters. The van der Waals surface area contributed by atoms with Crippen LogP contribution < -0.4 is 10.8 Å². The second-order valence-electron chi connectivity index (χ2n) is 4.49. The number of benzene rings is 1. The van der Waals surface area contributed by atoms with Crippen LogP contribution in [0.4, 0.5) is 0 Å². The fourth-order valence-electron chi connectivity index (χ4n) is 1.45. The summed E-state index contributed by atoms with van der Waals surface area (Å²) in [6.45, 7) is 4.46. The average molecular weight is 235 g/mol. The van der Waals surface area contributed by atoms with Crippen LogP contribution in [-0.2, 0) is 11.3 Å². The quantitative estimate of drug-likeness (QED) is 0.630. The predicted octanol–water partition coefficient (Wildman–Crippen LogP) is 0.0287. The second kappa shape index (κ2) is 6.42. The summed E-state index contributed by atoms with van der Waals surface area (Å²) in [5, 5.41) is 20.7. The van der Waals surface area contributed by atoms with Crippen LogP contribution in [0.25, 0.3) is 0 Å². The van der Waals surface area contributed by atoms with Crippen molar-refractivity contribution >= 4 is 18.5 Å². The molecule has 0 saturated carbocycles. The Balaban J connectivity index is 2.44. The maximum Gasteiger partial charge on any atom is 0.488 e. The van der Waals surface area contributed by atoms with E-state index < -0.39 is 7.12 Å². The highest BCUT2D eigenvalue weighted by atomic mass is 16.4. The molecule has 0 aliphatic carbocycles. The Morgan fingerprint density at radius 1 is 1.29 bits per heavy atom. The van der Waals surface area contributed by atoms with Crippen LogP contribution in [-0.4, -0.2) is 23.1 Å². The lowest BCUT2D eigenvalue weighted by Crippen LogP contribution is -2.30. The molecule has 1 aromatic rings. The molecule has 5 heteroatoms. The Labute approximate surface area is 102 Å². The number of carbonyl (C=O) groups excluding carboxylic acids is 1. The van der Waals surface area contributed by atoms with Gasteiger partial charge in [0.15, 0.2) is 0 Å². The van der Waals surface area contributed by atoms with E-state index >= 15 is 0 Å². The van der Waals surface area contributed by atoms with Gasteiger partial charge in [0.25, 0.3) is 0 Å². The zero-order chi connectivity index (χ0) is 12.8. The summed E-state index contributed by atoms with van der Waals surface area (Å²) in [6, 6.07) is 6.80. The van der Waals surface area contributed by atoms with E-state index in [0.717, 1.165) is 5.56 Å². The summed E-state index contributed by atoms with van der Waals surface area (Å²) in [7, 11) is -1.44. The topological polar surface area (TPSA) is 69.6 Å². The lowest BCUT2D eigenvalue weighted by atomic mass is 9.80. The molecule has 1 amide bonds. The molecule has 0 radical (unpaired) electrons. The molecule has 0 spiro atoms. The Bertz CT molecular complexity index is 363. The molecule has 1 rings (SSSR count). The zero-order valence-corrected chi connectivity index (χ0v) is 10.2. The van der Waals surface area contributed by atoms with Gasteiger partial charge in [0, 0.05) is 13.0 Å². The second-order valence-corrected chi connectivity index (χ2v) is 4.49. The molecular weight excluding hydrogens is 217 g/mol. The third-order valence-electron chi connectivity index (χ3n) is 2.36. The molecular formula is C12H18BNO3. The Kier molecular flexibility index (Phi) is 5.19. The van der Waals surface area contributed by atoms with Crippen molar-refractivity contribution in [3.63, 3.8) is 0 Å². The summed E-state index contributed by atoms with van der Waals surface area (Å²) in [5.74, 6) is 0.383. The van der Waals surface area contributed by atoms with Crippen LogP contribution >= 0.6 is 0 Å². The highest BCUT2D eigenvalue weighted by Gasteiger charge is 2.10. The third kappa shape index (κ3) is 5.02. The summed E-state index contributed by atoms with van der Waals surface area (Å²) in [6.07, 6.45) is 0.521. The fourth-order valence-corrected chi connectivity index (χ4v) is 1.45. The molecule has 0 saturated heterocycles. The molecule has 0 aliphatic rings. The van der Waals surface area contributed by atoms with Gasteiger partial charge < -0.3 is 15.4 Å². The summed E-state index contributed by atoms with van der Waals surface area (Å²) in [4.78, 5) is 11.4. The lowest BCUT2D eigenvalue weighted by Gasteiger charge is -2.07. The fraction of sp³-hybridized carbons (Fsp3) is 0.417. The standard InChI is InChI=1S/C12H18BNO3/c1-9(2)7-12(15)14-8-10-3-5-11(6-4-10)13(16)17/h3-6,9,16-17H,7-8H2,1-2H3,(H,14,15). The van der Waals surface area contributed by atoms with Gasteiger partial charge in [0.1, 0.15) is 0 Å². The van der Waals surface area contributed by atoms with E-state index in [9.17, 15) is 4.79 Å². The monoisotopic (exact) mass is 235 g/mol. The van der Waals surface area contributed by atoms with E-state index in [0.29, 0.717) is 24.3 Å². The average Bonchev–Trinajstić information content (AvgIpc) is 2.26. The third-order valence-corrected chi connectivity index (χ3v) is 2.36. The van der Waals surface area contributed by atoms with Gasteiger partial charge >= 0.3 is 7.12 Å². The van der Waals surface area contributed by atoms with Crippen LogP contribution in [0, 0.1) is 5.92 Å². The summed E-state index contributed by atoms with van der Waals surface area (Å²) < 4.78 is 0. The van der Waals surface area contributed by atoms with Crippen molar-refractivity contribution in [2.45, 2.75) is 26.8 Å². The lowest BCUT2D eigenvalue weighted by molar-refractivity contribution is -0.121. The maximum absolute atomic E-state index is 11.4. The van der Waals surface area contributed by atoms with Gasteiger partial charge in [0.05, 0.1) is 0 Å². The van der Waals surface area contributed by atoms with Gasteiger partial charge in [-0.3, -0.25) is 4.79 Å². The van der Waals surface area contributed by atoms with Crippen molar-refractivity contribution in [2.75, 3.05) is 0 Å². The molecule has 17 heavy (non-hydrogen) atoms. The van der Waals surface area contributed by atoms with E-state index in [-0.39, 0.29) is 5.91 Å². The molecule has 1 aromatic carbocycles. The molecule has 0 aromatic heterocycles. The van der Waals surface area contributed by atoms with Crippen LogP contribution in [0.2, 0.25) is 0 Å². The largest absolute Gasteiger partial charge is 0.488 e.